The molecule has 1 aromatic carbocycles. The van der Waals surface area contributed by atoms with E-state index in [-0.39, 0.29) is 24.4 Å². The number of rotatable bonds is 4. The van der Waals surface area contributed by atoms with E-state index in [9.17, 15) is 13.2 Å². The van der Waals surface area contributed by atoms with Gasteiger partial charge in [-0.2, -0.15) is 0 Å². The van der Waals surface area contributed by atoms with Gasteiger partial charge in [0.1, 0.15) is 0 Å². The van der Waals surface area contributed by atoms with Crippen LogP contribution in [0.4, 0.5) is 0 Å². The minimum Gasteiger partial charge on any atom is -0.349 e. The van der Waals surface area contributed by atoms with Crippen molar-refractivity contribution in [3.05, 3.63) is 33.8 Å². The number of amides is 1. The first kappa shape index (κ1) is 18.5. The monoisotopic (exact) mass is 378 g/mol. The van der Waals surface area contributed by atoms with Crippen molar-refractivity contribution in [3.63, 3.8) is 0 Å². The summed E-state index contributed by atoms with van der Waals surface area (Å²) >= 11 is 12.0. The number of sulfonamides is 1. The van der Waals surface area contributed by atoms with E-state index in [2.05, 4.69) is 5.32 Å². The molecule has 2 unspecified atom stereocenters. The summed E-state index contributed by atoms with van der Waals surface area (Å²) in [5.74, 6) is -0.496. The molecule has 1 aromatic rings. The largest absolute Gasteiger partial charge is 0.349 e. The number of hydrogen-bond donors (Lipinski definition) is 1. The number of hydrogen-bond acceptors (Lipinski definition) is 3. The summed E-state index contributed by atoms with van der Waals surface area (Å²) in [6, 6.07) is 4.85. The first-order chi connectivity index (χ1) is 10.7. The van der Waals surface area contributed by atoms with Gasteiger partial charge in [0.2, 0.25) is 15.9 Å². The number of halogens is 2. The van der Waals surface area contributed by atoms with Crippen LogP contribution in [-0.2, 0) is 14.8 Å². The lowest BCUT2D eigenvalue weighted by Gasteiger charge is -2.31. The summed E-state index contributed by atoms with van der Waals surface area (Å²) < 4.78 is 24.6. The van der Waals surface area contributed by atoms with Gasteiger partial charge in [-0.25, -0.2) is 12.7 Å². The highest BCUT2D eigenvalue weighted by Crippen LogP contribution is 2.27. The highest BCUT2D eigenvalue weighted by Gasteiger charge is 2.30. The molecule has 1 fully saturated rings. The van der Waals surface area contributed by atoms with E-state index in [4.69, 9.17) is 23.2 Å². The molecule has 1 saturated heterocycles. The molecular weight excluding hydrogens is 359 g/mol. The third-order valence-corrected chi connectivity index (χ3v) is 5.84. The van der Waals surface area contributed by atoms with Gasteiger partial charge < -0.3 is 5.32 Å². The van der Waals surface area contributed by atoms with Crippen LogP contribution in [0, 0.1) is 5.92 Å². The summed E-state index contributed by atoms with van der Waals surface area (Å²) in [4.78, 5) is 12.4. The minimum atomic E-state index is -3.27. The van der Waals surface area contributed by atoms with E-state index >= 15 is 0 Å². The van der Waals surface area contributed by atoms with Crippen molar-refractivity contribution >= 4 is 39.1 Å². The Labute approximate surface area is 147 Å². The van der Waals surface area contributed by atoms with Gasteiger partial charge in [-0.1, -0.05) is 29.3 Å². The van der Waals surface area contributed by atoms with Crippen molar-refractivity contribution in [2.75, 3.05) is 19.3 Å². The second kappa shape index (κ2) is 7.38. The first-order valence-electron chi connectivity index (χ1n) is 7.39. The van der Waals surface area contributed by atoms with E-state index in [0.717, 1.165) is 5.56 Å². The number of nitrogens with zero attached hydrogens (tertiary/aromatic N) is 1. The molecule has 0 saturated carbocycles. The standard InChI is InChI=1S/C15H20Cl2N2O3S/c1-10(13-6-5-12(16)8-14(13)17)18-15(20)11-4-3-7-19(9-11)23(2,21)22/h5-6,8,10-11H,3-4,7,9H2,1-2H3,(H,18,20). The molecular formula is C15H20Cl2N2O3S. The molecule has 1 N–H and O–H groups in total. The Balaban J connectivity index is 2.03. The van der Waals surface area contributed by atoms with Crippen LogP contribution in [0.3, 0.4) is 0 Å². The van der Waals surface area contributed by atoms with Crippen LogP contribution < -0.4 is 5.32 Å². The van der Waals surface area contributed by atoms with Crippen LogP contribution in [0.15, 0.2) is 18.2 Å². The lowest BCUT2D eigenvalue weighted by Crippen LogP contribution is -2.45. The fourth-order valence-electron chi connectivity index (χ4n) is 2.72. The normalized spacial score (nSPS) is 21.0. The molecule has 0 spiro atoms. The zero-order valence-electron chi connectivity index (χ0n) is 13.1. The van der Waals surface area contributed by atoms with Crippen molar-refractivity contribution < 1.29 is 13.2 Å². The van der Waals surface area contributed by atoms with E-state index in [1.165, 1.54) is 10.6 Å². The summed E-state index contributed by atoms with van der Waals surface area (Å²) in [6.45, 7) is 2.54. The highest BCUT2D eigenvalue weighted by molar-refractivity contribution is 7.88. The van der Waals surface area contributed by atoms with Crippen LogP contribution in [0.25, 0.3) is 0 Å². The second-order valence-corrected chi connectivity index (χ2v) is 8.68. The van der Waals surface area contributed by atoms with Gasteiger partial charge in [0.05, 0.1) is 18.2 Å². The second-order valence-electron chi connectivity index (χ2n) is 5.86. The Morgan fingerprint density at radius 3 is 2.70 bits per heavy atom. The number of piperidine rings is 1. The van der Waals surface area contributed by atoms with Crippen molar-refractivity contribution in [1.82, 2.24) is 9.62 Å². The van der Waals surface area contributed by atoms with Crippen molar-refractivity contribution in [3.8, 4) is 0 Å². The molecule has 2 rings (SSSR count). The van der Waals surface area contributed by atoms with Gasteiger partial charge in [0.25, 0.3) is 0 Å². The average molecular weight is 379 g/mol. The van der Waals surface area contributed by atoms with E-state index in [1.54, 1.807) is 18.2 Å². The quantitative estimate of drug-likeness (QED) is 0.875. The molecule has 1 aliphatic heterocycles. The van der Waals surface area contributed by atoms with E-state index < -0.39 is 10.0 Å². The van der Waals surface area contributed by atoms with Crippen molar-refractivity contribution in [2.24, 2.45) is 5.92 Å². The number of nitrogens with one attached hydrogen (secondary N) is 1. The minimum absolute atomic E-state index is 0.156. The lowest BCUT2D eigenvalue weighted by atomic mass is 9.98. The smallest absolute Gasteiger partial charge is 0.224 e. The predicted molar refractivity (Wildman–Crippen MR) is 92.2 cm³/mol. The molecule has 1 aliphatic rings. The Kier molecular flexibility index (Phi) is 5.94. The van der Waals surface area contributed by atoms with Crippen LogP contribution in [0.1, 0.15) is 31.4 Å². The summed E-state index contributed by atoms with van der Waals surface area (Å²) in [5, 5.41) is 3.94. The van der Waals surface area contributed by atoms with Crippen LogP contribution in [0.5, 0.6) is 0 Å². The fourth-order valence-corrected chi connectivity index (χ4v) is 4.20. The van der Waals surface area contributed by atoms with Gasteiger partial charge >= 0.3 is 0 Å². The van der Waals surface area contributed by atoms with Gasteiger partial charge in [-0.05, 0) is 37.5 Å². The Morgan fingerprint density at radius 2 is 2.09 bits per heavy atom. The molecule has 2 atom stereocenters. The summed E-state index contributed by atoms with van der Waals surface area (Å²) in [7, 11) is -3.27. The summed E-state index contributed by atoms with van der Waals surface area (Å²) in [6.07, 6.45) is 2.53. The number of carbonyl (C=O) groups is 1. The van der Waals surface area contributed by atoms with Crippen LogP contribution in [0.2, 0.25) is 10.0 Å². The molecule has 5 nitrogen and oxygen atoms in total. The lowest BCUT2D eigenvalue weighted by molar-refractivity contribution is -0.126. The van der Waals surface area contributed by atoms with E-state index in [1.807, 2.05) is 6.92 Å². The summed E-state index contributed by atoms with van der Waals surface area (Å²) in [5.41, 5.74) is 0.778. The molecule has 1 amide bonds. The van der Waals surface area contributed by atoms with Gasteiger partial charge in [0, 0.05) is 23.1 Å². The van der Waals surface area contributed by atoms with Gasteiger partial charge in [0.15, 0.2) is 0 Å². The fraction of sp³-hybridized carbons (Fsp3) is 0.533. The Morgan fingerprint density at radius 1 is 1.39 bits per heavy atom. The molecule has 0 radical (unpaired) electrons. The molecule has 8 heteroatoms. The molecule has 23 heavy (non-hydrogen) atoms. The average Bonchev–Trinajstić information content (AvgIpc) is 2.46. The van der Waals surface area contributed by atoms with Crippen LogP contribution >= 0.6 is 23.2 Å². The maximum Gasteiger partial charge on any atom is 0.224 e. The molecule has 1 heterocycles. The molecule has 0 aromatic heterocycles. The first-order valence-corrected chi connectivity index (χ1v) is 9.99. The van der Waals surface area contributed by atoms with Gasteiger partial charge in [-0.3, -0.25) is 4.79 Å². The Hall–Kier alpha value is -0.820. The zero-order valence-corrected chi connectivity index (χ0v) is 15.4. The van der Waals surface area contributed by atoms with Crippen molar-refractivity contribution in [1.29, 1.82) is 0 Å². The third kappa shape index (κ3) is 4.83. The molecule has 0 aliphatic carbocycles. The number of carbonyl (C=O) groups excluding carboxylic acids is 1. The van der Waals surface area contributed by atoms with Gasteiger partial charge in [-0.15, -0.1) is 0 Å². The maximum absolute atomic E-state index is 12.4. The maximum atomic E-state index is 12.4. The molecule has 0 bridgehead atoms. The van der Waals surface area contributed by atoms with Crippen LogP contribution in [-0.4, -0.2) is 38.0 Å². The highest BCUT2D eigenvalue weighted by atomic mass is 35.5. The predicted octanol–water partition coefficient (Wildman–Crippen LogP) is 2.84. The Bertz CT molecular complexity index is 694. The van der Waals surface area contributed by atoms with E-state index in [0.29, 0.717) is 29.4 Å². The number of benzene rings is 1. The van der Waals surface area contributed by atoms with Crippen molar-refractivity contribution in [2.45, 2.75) is 25.8 Å². The zero-order chi connectivity index (χ0) is 17.2. The topological polar surface area (TPSA) is 66.5 Å². The SMILES string of the molecule is CC(NC(=O)C1CCCN(S(C)(=O)=O)C1)c1ccc(Cl)cc1Cl. The third-order valence-electron chi connectivity index (χ3n) is 4.01. The molecule has 128 valence electrons.